The third-order valence-electron chi connectivity index (χ3n) is 2.37. The van der Waals surface area contributed by atoms with E-state index < -0.39 is 12.0 Å². The SMILES string of the molecule is COc1ccc(O)c(C2=N[C@@H](C(=O)O)CS2)c1. The first-order chi connectivity index (χ1) is 8.11. The van der Waals surface area contributed by atoms with E-state index in [0.717, 1.165) is 0 Å². The van der Waals surface area contributed by atoms with Crippen LogP contribution in [-0.4, -0.2) is 40.1 Å². The Morgan fingerprint density at radius 3 is 2.94 bits per heavy atom. The van der Waals surface area contributed by atoms with Crippen LogP contribution in [0.15, 0.2) is 23.2 Å². The number of benzene rings is 1. The van der Waals surface area contributed by atoms with Crippen molar-refractivity contribution in [3.63, 3.8) is 0 Å². The number of nitrogens with zero attached hydrogens (tertiary/aromatic N) is 1. The molecule has 0 fully saturated rings. The van der Waals surface area contributed by atoms with Gasteiger partial charge in [-0.25, -0.2) is 4.79 Å². The van der Waals surface area contributed by atoms with Crippen molar-refractivity contribution in [3.05, 3.63) is 23.8 Å². The maximum Gasteiger partial charge on any atom is 0.329 e. The van der Waals surface area contributed by atoms with Crippen LogP contribution in [0.2, 0.25) is 0 Å². The lowest BCUT2D eigenvalue weighted by Gasteiger charge is -2.06. The number of ether oxygens (including phenoxy) is 1. The lowest BCUT2D eigenvalue weighted by atomic mass is 10.2. The molecule has 2 N–H and O–H groups in total. The third-order valence-corrected chi connectivity index (χ3v) is 3.45. The number of carbonyl (C=O) groups is 1. The fraction of sp³-hybridized carbons (Fsp3) is 0.273. The highest BCUT2D eigenvalue weighted by Crippen LogP contribution is 2.31. The van der Waals surface area contributed by atoms with Crippen LogP contribution in [-0.2, 0) is 4.79 Å². The summed E-state index contributed by atoms with van der Waals surface area (Å²) in [4.78, 5) is 14.8. The second kappa shape index (κ2) is 4.67. The Morgan fingerprint density at radius 1 is 1.59 bits per heavy atom. The summed E-state index contributed by atoms with van der Waals surface area (Å²) in [6.45, 7) is 0. The summed E-state index contributed by atoms with van der Waals surface area (Å²) >= 11 is 1.32. The van der Waals surface area contributed by atoms with E-state index in [1.165, 1.54) is 24.9 Å². The summed E-state index contributed by atoms with van der Waals surface area (Å²) in [5.74, 6) is 0.110. The molecule has 0 saturated carbocycles. The van der Waals surface area contributed by atoms with Crippen LogP contribution in [0.5, 0.6) is 11.5 Å². The molecule has 0 saturated heterocycles. The fourth-order valence-electron chi connectivity index (χ4n) is 1.46. The van der Waals surface area contributed by atoms with Crippen LogP contribution in [0.3, 0.4) is 0 Å². The molecule has 1 aromatic carbocycles. The molecular weight excluding hydrogens is 242 g/mol. The number of phenolic OH excluding ortho intramolecular Hbond substituents is 1. The van der Waals surface area contributed by atoms with E-state index in [0.29, 0.717) is 22.1 Å². The van der Waals surface area contributed by atoms with Crippen LogP contribution in [0.1, 0.15) is 5.56 Å². The Balaban J connectivity index is 2.34. The first-order valence-corrected chi connectivity index (χ1v) is 5.91. The molecule has 0 bridgehead atoms. The van der Waals surface area contributed by atoms with Gasteiger partial charge in [0.25, 0.3) is 0 Å². The Bertz CT molecular complexity index is 486. The highest BCUT2D eigenvalue weighted by Gasteiger charge is 2.26. The molecule has 5 nitrogen and oxygen atoms in total. The number of carboxylic acid groups (broad SMARTS) is 1. The average Bonchev–Trinajstić information content (AvgIpc) is 2.79. The molecule has 0 aromatic heterocycles. The lowest BCUT2D eigenvalue weighted by molar-refractivity contribution is -0.137. The molecule has 17 heavy (non-hydrogen) atoms. The number of phenols is 1. The standard InChI is InChI=1S/C11H11NO4S/c1-16-6-2-3-9(13)7(4-6)10-12-8(5-17-10)11(14)15/h2-4,8,13H,5H2,1H3,(H,14,15)/t8-/m1/s1. The predicted octanol–water partition coefficient (Wildman–Crippen LogP) is 1.35. The molecule has 6 heteroatoms. The number of aliphatic carboxylic acids is 1. The Hall–Kier alpha value is -1.69. The molecule has 1 aliphatic heterocycles. The Labute approximate surface area is 102 Å². The molecule has 90 valence electrons. The minimum absolute atomic E-state index is 0.0723. The van der Waals surface area contributed by atoms with Crippen molar-refractivity contribution in [1.29, 1.82) is 0 Å². The third kappa shape index (κ3) is 2.36. The number of thioether (sulfide) groups is 1. The van der Waals surface area contributed by atoms with E-state index in [4.69, 9.17) is 9.84 Å². The first-order valence-electron chi connectivity index (χ1n) is 4.92. The number of carboxylic acids is 1. The zero-order valence-electron chi connectivity index (χ0n) is 9.08. The van der Waals surface area contributed by atoms with Gasteiger partial charge in [0.2, 0.25) is 0 Å². The first kappa shape index (κ1) is 11.8. The molecule has 0 amide bonds. The molecule has 1 aromatic rings. The van der Waals surface area contributed by atoms with Crippen molar-refractivity contribution in [3.8, 4) is 11.5 Å². The monoisotopic (exact) mass is 253 g/mol. The molecular formula is C11H11NO4S. The number of aromatic hydroxyl groups is 1. The zero-order valence-corrected chi connectivity index (χ0v) is 9.90. The van der Waals surface area contributed by atoms with Crippen molar-refractivity contribution >= 4 is 22.8 Å². The van der Waals surface area contributed by atoms with E-state index in [2.05, 4.69) is 4.99 Å². The van der Waals surface area contributed by atoms with Crippen molar-refractivity contribution in [1.82, 2.24) is 0 Å². The van der Waals surface area contributed by atoms with Gasteiger partial charge in [0.05, 0.1) is 12.7 Å². The van der Waals surface area contributed by atoms with Crippen molar-refractivity contribution in [2.24, 2.45) is 4.99 Å². The van der Waals surface area contributed by atoms with E-state index in [1.807, 2.05) is 0 Å². The van der Waals surface area contributed by atoms with Crippen LogP contribution >= 0.6 is 11.8 Å². The van der Waals surface area contributed by atoms with Crippen LogP contribution < -0.4 is 4.74 Å². The molecule has 2 rings (SSSR count). The summed E-state index contributed by atoms with van der Waals surface area (Å²) in [6.07, 6.45) is 0. The van der Waals surface area contributed by atoms with Gasteiger partial charge in [-0.15, -0.1) is 11.8 Å². The predicted molar refractivity (Wildman–Crippen MR) is 65.1 cm³/mol. The number of hydrogen-bond acceptors (Lipinski definition) is 5. The van der Waals surface area contributed by atoms with Gasteiger partial charge in [0, 0.05) is 5.75 Å². The normalized spacial score (nSPS) is 18.9. The minimum Gasteiger partial charge on any atom is -0.507 e. The Morgan fingerprint density at radius 2 is 2.35 bits per heavy atom. The van der Waals surface area contributed by atoms with E-state index >= 15 is 0 Å². The number of methoxy groups -OCH3 is 1. The highest BCUT2D eigenvalue weighted by molar-refractivity contribution is 8.14. The summed E-state index contributed by atoms with van der Waals surface area (Å²) < 4.78 is 5.05. The molecule has 1 heterocycles. The van der Waals surface area contributed by atoms with Crippen LogP contribution in [0, 0.1) is 0 Å². The minimum atomic E-state index is -0.949. The van der Waals surface area contributed by atoms with Crippen molar-refractivity contribution in [2.45, 2.75) is 6.04 Å². The molecule has 0 spiro atoms. The topological polar surface area (TPSA) is 79.1 Å². The van der Waals surface area contributed by atoms with E-state index in [-0.39, 0.29) is 5.75 Å². The maximum atomic E-state index is 10.8. The van der Waals surface area contributed by atoms with Gasteiger partial charge in [-0.2, -0.15) is 0 Å². The van der Waals surface area contributed by atoms with Gasteiger partial charge in [-0.1, -0.05) is 0 Å². The molecule has 0 radical (unpaired) electrons. The van der Waals surface area contributed by atoms with E-state index in [9.17, 15) is 9.90 Å². The molecule has 1 atom stereocenters. The summed E-state index contributed by atoms with van der Waals surface area (Å²) in [5, 5.41) is 19.1. The molecule has 0 unspecified atom stereocenters. The summed E-state index contributed by atoms with van der Waals surface area (Å²) in [5.41, 5.74) is 0.512. The second-order valence-corrected chi connectivity index (χ2v) is 4.49. The van der Waals surface area contributed by atoms with Gasteiger partial charge in [-0.05, 0) is 18.2 Å². The van der Waals surface area contributed by atoms with Crippen LogP contribution in [0.4, 0.5) is 0 Å². The summed E-state index contributed by atoms with van der Waals surface area (Å²) in [7, 11) is 1.53. The van der Waals surface area contributed by atoms with Gasteiger partial charge < -0.3 is 14.9 Å². The average molecular weight is 253 g/mol. The smallest absolute Gasteiger partial charge is 0.329 e. The van der Waals surface area contributed by atoms with Crippen molar-refractivity contribution in [2.75, 3.05) is 12.9 Å². The largest absolute Gasteiger partial charge is 0.507 e. The van der Waals surface area contributed by atoms with Gasteiger partial charge in [0.1, 0.15) is 16.5 Å². The van der Waals surface area contributed by atoms with Crippen LogP contribution in [0.25, 0.3) is 0 Å². The maximum absolute atomic E-state index is 10.8. The zero-order chi connectivity index (χ0) is 12.4. The highest BCUT2D eigenvalue weighted by atomic mass is 32.2. The van der Waals surface area contributed by atoms with Gasteiger partial charge in [0.15, 0.2) is 6.04 Å². The van der Waals surface area contributed by atoms with Gasteiger partial charge in [-0.3, -0.25) is 4.99 Å². The number of aliphatic imine (C=N–C) groups is 1. The molecule has 1 aliphatic rings. The summed E-state index contributed by atoms with van der Waals surface area (Å²) in [6, 6.07) is 4.05. The lowest BCUT2D eigenvalue weighted by Crippen LogP contribution is -2.17. The number of rotatable bonds is 3. The fourth-order valence-corrected chi connectivity index (χ4v) is 2.51. The quantitative estimate of drug-likeness (QED) is 0.850. The number of hydrogen-bond donors (Lipinski definition) is 2. The second-order valence-electron chi connectivity index (χ2n) is 3.48. The van der Waals surface area contributed by atoms with Gasteiger partial charge >= 0.3 is 5.97 Å². The Kier molecular flexibility index (Phi) is 3.23. The molecule has 0 aliphatic carbocycles. The van der Waals surface area contributed by atoms with Crippen molar-refractivity contribution < 1.29 is 19.7 Å². The van der Waals surface area contributed by atoms with E-state index in [1.54, 1.807) is 12.1 Å².